The smallest absolute Gasteiger partial charge is 0.408 e. The summed E-state index contributed by atoms with van der Waals surface area (Å²) in [6.45, 7) is 16.8. The zero-order valence-corrected chi connectivity index (χ0v) is 24.6. The standard InChI is InChI=1S/C29H48N4O5/c1-10-12-20(5)31-26(35)25(22-16-18(3)15-19(4)17-22)33(21(6)11-2)27(36)23(13-14-24(30)34)32-28(37)38-29(7,8)9/h15-17,20-21,23,25H,10-14H2,1-9H3,(H2,30,34)(H,31,35)(H,32,37). The van der Waals surface area contributed by atoms with Gasteiger partial charge >= 0.3 is 6.09 Å². The van der Waals surface area contributed by atoms with E-state index in [9.17, 15) is 19.2 Å². The van der Waals surface area contributed by atoms with Crippen LogP contribution >= 0.6 is 0 Å². The van der Waals surface area contributed by atoms with Crippen LogP contribution in [0.2, 0.25) is 0 Å². The fraction of sp³-hybridized carbons (Fsp3) is 0.655. The minimum atomic E-state index is -1.11. The van der Waals surface area contributed by atoms with Gasteiger partial charge in [-0.25, -0.2) is 4.79 Å². The van der Waals surface area contributed by atoms with Crippen LogP contribution in [0.5, 0.6) is 0 Å². The molecule has 0 fully saturated rings. The molecule has 0 saturated carbocycles. The summed E-state index contributed by atoms with van der Waals surface area (Å²) in [6.07, 6.45) is 1.35. The highest BCUT2D eigenvalue weighted by Gasteiger charge is 2.39. The maximum absolute atomic E-state index is 14.2. The van der Waals surface area contributed by atoms with Gasteiger partial charge in [0.25, 0.3) is 0 Å². The topological polar surface area (TPSA) is 131 Å². The molecule has 4 unspecified atom stereocenters. The number of benzene rings is 1. The number of nitrogens with two attached hydrogens (primary N) is 1. The molecule has 0 bridgehead atoms. The van der Waals surface area contributed by atoms with E-state index in [1.165, 1.54) is 4.90 Å². The second kappa shape index (κ2) is 14.7. The molecule has 0 saturated heterocycles. The Morgan fingerprint density at radius 2 is 1.55 bits per heavy atom. The van der Waals surface area contributed by atoms with E-state index in [1.54, 1.807) is 20.8 Å². The third-order valence-electron chi connectivity index (χ3n) is 6.19. The van der Waals surface area contributed by atoms with Crippen molar-refractivity contribution >= 4 is 23.8 Å². The van der Waals surface area contributed by atoms with Crippen LogP contribution < -0.4 is 16.4 Å². The predicted molar refractivity (Wildman–Crippen MR) is 149 cm³/mol. The summed E-state index contributed by atoms with van der Waals surface area (Å²) >= 11 is 0. The lowest BCUT2D eigenvalue weighted by molar-refractivity contribution is -0.145. The lowest BCUT2D eigenvalue weighted by Crippen LogP contribution is -2.56. The SMILES string of the molecule is CCCC(C)NC(=O)C(c1cc(C)cc(C)c1)N(C(=O)C(CCC(N)=O)NC(=O)OC(C)(C)C)C(C)CC. The third kappa shape index (κ3) is 10.7. The monoisotopic (exact) mass is 532 g/mol. The number of amides is 4. The predicted octanol–water partition coefficient (Wildman–Crippen LogP) is 4.44. The second-order valence-corrected chi connectivity index (χ2v) is 11.2. The molecule has 0 aromatic heterocycles. The van der Waals surface area contributed by atoms with Crippen LogP contribution in [0.4, 0.5) is 4.79 Å². The van der Waals surface area contributed by atoms with E-state index in [1.807, 2.05) is 59.7 Å². The third-order valence-corrected chi connectivity index (χ3v) is 6.19. The van der Waals surface area contributed by atoms with Gasteiger partial charge in [0, 0.05) is 18.5 Å². The van der Waals surface area contributed by atoms with Gasteiger partial charge in [0.15, 0.2) is 0 Å². The molecular formula is C29H48N4O5. The summed E-state index contributed by atoms with van der Waals surface area (Å²) in [6, 6.07) is 3.34. The summed E-state index contributed by atoms with van der Waals surface area (Å²) in [4.78, 5) is 53.8. The normalized spacial score (nSPS) is 14.6. The van der Waals surface area contributed by atoms with Gasteiger partial charge in [-0.3, -0.25) is 14.4 Å². The number of carbonyl (C=O) groups excluding carboxylic acids is 4. The van der Waals surface area contributed by atoms with Crippen LogP contribution in [-0.4, -0.2) is 52.4 Å². The van der Waals surface area contributed by atoms with Gasteiger partial charge in [0.1, 0.15) is 17.7 Å². The molecule has 38 heavy (non-hydrogen) atoms. The van der Waals surface area contributed by atoms with Crippen LogP contribution in [0.3, 0.4) is 0 Å². The van der Waals surface area contributed by atoms with Gasteiger partial charge in [-0.1, -0.05) is 49.6 Å². The zero-order valence-electron chi connectivity index (χ0n) is 24.6. The summed E-state index contributed by atoms with van der Waals surface area (Å²) in [5, 5.41) is 5.70. The van der Waals surface area contributed by atoms with E-state index < -0.39 is 35.6 Å². The molecule has 0 aliphatic heterocycles. The molecule has 4 atom stereocenters. The Bertz CT molecular complexity index is 952. The average molecular weight is 533 g/mol. The Hall–Kier alpha value is -3.10. The molecule has 0 radical (unpaired) electrons. The number of rotatable bonds is 13. The molecule has 4 N–H and O–H groups in total. The number of aryl methyl sites for hydroxylation is 2. The van der Waals surface area contributed by atoms with Crippen LogP contribution in [0, 0.1) is 13.8 Å². The number of carbonyl (C=O) groups is 4. The Kier molecular flexibility index (Phi) is 12.8. The first-order valence-electron chi connectivity index (χ1n) is 13.6. The fourth-order valence-electron chi connectivity index (χ4n) is 4.40. The highest BCUT2D eigenvalue weighted by Crippen LogP contribution is 2.28. The van der Waals surface area contributed by atoms with Crippen molar-refractivity contribution in [2.45, 2.75) is 124 Å². The Morgan fingerprint density at radius 1 is 0.974 bits per heavy atom. The molecule has 9 heteroatoms. The molecule has 4 amide bonds. The summed E-state index contributed by atoms with van der Waals surface area (Å²) in [7, 11) is 0. The Balaban J connectivity index is 3.62. The molecular weight excluding hydrogens is 484 g/mol. The maximum atomic E-state index is 14.2. The van der Waals surface area contributed by atoms with Crippen molar-refractivity contribution in [1.29, 1.82) is 0 Å². The van der Waals surface area contributed by atoms with Gasteiger partial charge < -0.3 is 26.0 Å². The summed E-state index contributed by atoms with van der Waals surface area (Å²) in [5.74, 6) is -1.37. The lowest BCUT2D eigenvalue weighted by atomic mass is 9.96. The molecule has 1 aromatic rings. The number of nitrogens with one attached hydrogen (secondary N) is 2. The first-order valence-corrected chi connectivity index (χ1v) is 13.6. The van der Waals surface area contributed by atoms with Crippen molar-refractivity contribution in [3.8, 4) is 0 Å². The van der Waals surface area contributed by atoms with Gasteiger partial charge in [-0.05, 0) is 73.3 Å². The largest absolute Gasteiger partial charge is 0.444 e. The maximum Gasteiger partial charge on any atom is 0.408 e. The van der Waals surface area contributed by atoms with Crippen LogP contribution in [0.1, 0.15) is 103 Å². The summed E-state index contributed by atoms with van der Waals surface area (Å²) < 4.78 is 5.38. The molecule has 1 aromatic carbocycles. The molecule has 0 aliphatic carbocycles. The molecule has 9 nitrogen and oxygen atoms in total. The van der Waals surface area contributed by atoms with E-state index in [-0.39, 0.29) is 30.8 Å². The number of nitrogens with zero attached hydrogens (tertiary/aromatic N) is 1. The number of alkyl carbamates (subject to hydrolysis) is 1. The quantitative estimate of drug-likeness (QED) is 0.346. The van der Waals surface area contributed by atoms with Crippen molar-refractivity contribution in [2.24, 2.45) is 5.73 Å². The van der Waals surface area contributed by atoms with E-state index in [4.69, 9.17) is 10.5 Å². The van der Waals surface area contributed by atoms with Crippen molar-refractivity contribution in [3.05, 3.63) is 34.9 Å². The number of hydrogen-bond donors (Lipinski definition) is 3. The van der Waals surface area contributed by atoms with Gasteiger partial charge in [0.05, 0.1) is 0 Å². The number of primary amides is 1. The van der Waals surface area contributed by atoms with Gasteiger partial charge in [-0.2, -0.15) is 0 Å². The van der Waals surface area contributed by atoms with E-state index in [2.05, 4.69) is 10.6 Å². The van der Waals surface area contributed by atoms with Crippen molar-refractivity contribution in [3.63, 3.8) is 0 Å². The van der Waals surface area contributed by atoms with Crippen LogP contribution in [-0.2, 0) is 19.1 Å². The van der Waals surface area contributed by atoms with Gasteiger partial charge in [0.2, 0.25) is 17.7 Å². The Labute approximate surface area is 228 Å². The second-order valence-electron chi connectivity index (χ2n) is 11.2. The summed E-state index contributed by atoms with van der Waals surface area (Å²) in [5.41, 5.74) is 7.21. The first-order chi connectivity index (χ1) is 17.6. The average Bonchev–Trinajstić information content (AvgIpc) is 2.77. The highest BCUT2D eigenvalue weighted by atomic mass is 16.6. The molecule has 0 heterocycles. The van der Waals surface area contributed by atoms with Crippen molar-refractivity contribution < 1.29 is 23.9 Å². The van der Waals surface area contributed by atoms with E-state index >= 15 is 0 Å². The van der Waals surface area contributed by atoms with Gasteiger partial charge in [-0.15, -0.1) is 0 Å². The van der Waals surface area contributed by atoms with Crippen molar-refractivity contribution in [1.82, 2.24) is 15.5 Å². The van der Waals surface area contributed by atoms with Crippen LogP contribution in [0.15, 0.2) is 18.2 Å². The first kappa shape index (κ1) is 32.9. The van der Waals surface area contributed by atoms with E-state index in [0.29, 0.717) is 12.0 Å². The fourth-order valence-corrected chi connectivity index (χ4v) is 4.40. The minimum Gasteiger partial charge on any atom is -0.444 e. The van der Waals surface area contributed by atoms with Crippen molar-refractivity contribution in [2.75, 3.05) is 0 Å². The molecule has 1 rings (SSSR count). The van der Waals surface area contributed by atoms with E-state index in [0.717, 1.165) is 24.0 Å². The zero-order chi connectivity index (χ0) is 29.2. The van der Waals surface area contributed by atoms with Crippen LogP contribution in [0.25, 0.3) is 0 Å². The molecule has 0 aliphatic rings. The lowest BCUT2D eigenvalue weighted by Gasteiger charge is -2.39. The highest BCUT2D eigenvalue weighted by molar-refractivity contribution is 5.92. The molecule has 0 spiro atoms. The molecule has 214 valence electrons. The number of hydrogen-bond acceptors (Lipinski definition) is 5. The minimum absolute atomic E-state index is 0.0201. The Morgan fingerprint density at radius 3 is 2.03 bits per heavy atom. The number of ether oxygens (including phenoxy) is 1.